The van der Waals surface area contributed by atoms with Gasteiger partial charge in [0.05, 0.1) is 25.2 Å². The molecule has 2 N–H and O–H groups in total. The lowest BCUT2D eigenvalue weighted by molar-refractivity contribution is -0.0842. The Hall–Kier alpha value is -0.710. The number of fused-ring (bicyclic) bond motifs is 1. The quantitative estimate of drug-likeness (QED) is 0.817. The third kappa shape index (κ3) is 1.52. The van der Waals surface area contributed by atoms with Gasteiger partial charge in [-0.1, -0.05) is 6.07 Å². The monoisotopic (exact) mass is 237 g/mol. The second kappa shape index (κ2) is 3.95. The molecule has 0 bridgehead atoms. The second-order valence-electron chi connectivity index (χ2n) is 4.42. The average Bonchev–Trinajstić information content (AvgIpc) is 2.28. The first-order valence-electron chi connectivity index (χ1n) is 5.54. The van der Waals surface area contributed by atoms with E-state index < -0.39 is 0 Å². The lowest BCUT2D eigenvalue weighted by atomic mass is 9.79. The molecule has 0 saturated carbocycles. The van der Waals surface area contributed by atoms with Crippen LogP contribution in [0.2, 0.25) is 0 Å². The van der Waals surface area contributed by atoms with Crippen molar-refractivity contribution in [1.29, 1.82) is 0 Å². The van der Waals surface area contributed by atoms with Gasteiger partial charge in [0.15, 0.2) is 0 Å². The van der Waals surface area contributed by atoms with Crippen LogP contribution in [0.3, 0.4) is 0 Å². The van der Waals surface area contributed by atoms with Crippen LogP contribution < -0.4 is 5.32 Å². The van der Waals surface area contributed by atoms with Crippen molar-refractivity contribution in [2.24, 2.45) is 0 Å². The Labute approximate surface area is 99.2 Å². The van der Waals surface area contributed by atoms with Crippen LogP contribution >= 0.6 is 11.8 Å². The molecule has 0 aromatic heterocycles. The maximum Gasteiger partial charge on any atom is 0.0651 e. The Kier molecular flexibility index (Phi) is 2.58. The minimum absolute atomic E-state index is 0.146. The average molecular weight is 237 g/mol. The zero-order chi connectivity index (χ0) is 11.0. The first-order valence-corrected chi connectivity index (χ1v) is 6.52. The lowest BCUT2D eigenvalue weighted by Crippen LogP contribution is -2.49. The molecule has 86 valence electrons. The summed E-state index contributed by atoms with van der Waals surface area (Å²) in [5.74, 6) is 1.11. The molecule has 16 heavy (non-hydrogen) atoms. The number of aliphatic hydroxyl groups is 1. The molecule has 0 amide bonds. The predicted molar refractivity (Wildman–Crippen MR) is 65.2 cm³/mol. The van der Waals surface area contributed by atoms with Crippen molar-refractivity contribution in [2.75, 3.05) is 37.4 Å². The standard InChI is InChI=1S/C12H15NO2S/c14-6-12(7-15-8-12)9-1-2-10-11(5-9)16-4-3-13-10/h1-2,5,13-14H,3-4,6-8H2. The van der Waals surface area contributed by atoms with Crippen molar-refractivity contribution >= 4 is 17.4 Å². The molecule has 3 nitrogen and oxygen atoms in total. The zero-order valence-corrected chi connectivity index (χ0v) is 9.85. The maximum atomic E-state index is 9.49. The molecule has 2 heterocycles. The molecule has 2 aliphatic heterocycles. The topological polar surface area (TPSA) is 41.5 Å². The van der Waals surface area contributed by atoms with E-state index in [9.17, 15) is 5.11 Å². The Bertz CT molecular complexity index is 398. The van der Waals surface area contributed by atoms with Gasteiger partial charge in [-0.2, -0.15) is 0 Å². The van der Waals surface area contributed by atoms with Gasteiger partial charge >= 0.3 is 0 Å². The summed E-state index contributed by atoms with van der Waals surface area (Å²) >= 11 is 1.88. The van der Waals surface area contributed by atoms with Gasteiger partial charge in [-0.05, 0) is 17.7 Å². The van der Waals surface area contributed by atoms with E-state index in [4.69, 9.17) is 4.74 Å². The molecule has 1 aromatic rings. The molecular weight excluding hydrogens is 222 g/mol. The molecular formula is C12H15NO2S. The molecule has 1 fully saturated rings. The highest BCUT2D eigenvalue weighted by molar-refractivity contribution is 7.99. The van der Waals surface area contributed by atoms with Crippen molar-refractivity contribution in [3.63, 3.8) is 0 Å². The molecule has 1 aromatic carbocycles. The summed E-state index contributed by atoms with van der Waals surface area (Å²) < 4.78 is 5.25. The van der Waals surface area contributed by atoms with Crippen LogP contribution in [0.15, 0.2) is 23.1 Å². The van der Waals surface area contributed by atoms with E-state index >= 15 is 0 Å². The van der Waals surface area contributed by atoms with Crippen LogP contribution in [0.5, 0.6) is 0 Å². The smallest absolute Gasteiger partial charge is 0.0651 e. The summed E-state index contributed by atoms with van der Waals surface area (Å²) in [5.41, 5.74) is 2.28. The van der Waals surface area contributed by atoms with E-state index in [1.54, 1.807) is 0 Å². The first-order chi connectivity index (χ1) is 7.84. The SMILES string of the molecule is OCC1(c2ccc3c(c2)SCCN3)COC1. The number of aliphatic hydroxyl groups excluding tert-OH is 1. The van der Waals surface area contributed by atoms with E-state index in [0.29, 0.717) is 13.2 Å². The van der Waals surface area contributed by atoms with Gasteiger partial charge in [-0.15, -0.1) is 11.8 Å². The molecule has 0 spiro atoms. The number of hydrogen-bond acceptors (Lipinski definition) is 4. The lowest BCUT2D eigenvalue weighted by Gasteiger charge is -2.40. The Morgan fingerprint density at radius 2 is 2.31 bits per heavy atom. The van der Waals surface area contributed by atoms with Gasteiger partial charge in [0.1, 0.15) is 0 Å². The molecule has 4 heteroatoms. The van der Waals surface area contributed by atoms with Gasteiger partial charge in [-0.25, -0.2) is 0 Å². The van der Waals surface area contributed by atoms with Crippen LogP contribution in [-0.4, -0.2) is 37.2 Å². The fourth-order valence-corrected chi connectivity index (χ4v) is 3.09. The van der Waals surface area contributed by atoms with Crippen LogP contribution in [0.4, 0.5) is 5.69 Å². The van der Waals surface area contributed by atoms with Crippen LogP contribution in [-0.2, 0) is 10.2 Å². The number of anilines is 1. The maximum absolute atomic E-state index is 9.49. The summed E-state index contributed by atoms with van der Waals surface area (Å²) in [4.78, 5) is 1.29. The predicted octanol–water partition coefficient (Wildman–Crippen LogP) is 1.46. The van der Waals surface area contributed by atoms with Crippen LogP contribution in [0.25, 0.3) is 0 Å². The molecule has 0 radical (unpaired) electrons. The van der Waals surface area contributed by atoms with Gasteiger partial charge in [-0.3, -0.25) is 0 Å². The van der Waals surface area contributed by atoms with Crippen molar-refractivity contribution < 1.29 is 9.84 Å². The summed E-state index contributed by atoms with van der Waals surface area (Å²) in [6, 6.07) is 6.42. The van der Waals surface area contributed by atoms with Gasteiger partial charge in [0, 0.05) is 22.9 Å². The minimum Gasteiger partial charge on any atom is -0.395 e. The summed E-state index contributed by atoms with van der Waals surface area (Å²) in [6.45, 7) is 2.48. The highest BCUT2D eigenvalue weighted by atomic mass is 32.2. The van der Waals surface area contributed by atoms with Crippen molar-refractivity contribution in [1.82, 2.24) is 0 Å². The number of hydrogen-bond donors (Lipinski definition) is 2. The van der Waals surface area contributed by atoms with Crippen LogP contribution in [0.1, 0.15) is 5.56 Å². The van der Waals surface area contributed by atoms with E-state index in [1.807, 2.05) is 11.8 Å². The van der Waals surface area contributed by atoms with Crippen molar-refractivity contribution in [2.45, 2.75) is 10.3 Å². The molecule has 0 aliphatic carbocycles. The Morgan fingerprint density at radius 1 is 1.44 bits per heavy atom. The first kappa shape index (κ1) is 10.4. The number of thioether (sulfide) groups is 1. The zero-order valence-electron chi connectivity index (χ0n) is 9.03. The van der Waals surface area contributed by atoms with Gasteiger partial charge in [0.2, 0.25) is 0 Å². The van der Waals surface area contributed by atoms with Gasteiger partial charge in [0.25, 0.3) is 0 Å². The fourth-order valence-electron chi connectivity index (χ4n) is 2.16. The number of nitrogens with one attached hydrogen (secondary N) is 1. The third-order valence-electron chi connectivity index (χ3n) is 3.33. The van der Waals surface area contributed by atoms with Crippen LogP contribution in [0, 0.1) is 0 Å². The molecule has 2 aliphatic rings. The van der Waals surface area contributed by atoms with E-state index in [1.165, 1.54) is 16.1 Å². The Morgan fingerprint density at radius 3 is 3.00 bits per heavy atom. The molecule has 0 unspecified atom stereocenters. The largest absolute Gasteiger partial charge is 0.395 e. The highest BCUT2D eigenvalue weighted by Gasteiger charge is 2.40. The second-order valence-corrected chi connectivity index (χ2v) is 5.55. The minimum atomic E-state index is -0.146. The third-order valence-corrected chi connectivity index (χ3v) is 4.39. The molecule has 3 rings (SSSR count). The number of benzene rings is 1. The Balaban J connectivity index is 1.96. The molecule has 0 atom stereocenters. The fraction of sp³-hybridized carbons (Fsp3) is 0.500. The van der Waals surface area contributed by atoms with Crippen molar-refractivity contribution in [3.05, 3.63) is 23.8 Å². The normalized spacial score (nSPS) is 21.8. The van der Waals surface area contributed by atoms with E-state index in [0.717, 1.165) is 12.3 Å². The summed E-state index contributed by atoms with van der Waals surface area (Å²) in [5, 5.41) is 12.9. The van der Waals surface area contributed by atoms with E-state index in [-0.39, 0.29) is 12.0 Å². The number of rotatable bonds is 2. The molecule has 1 saturated heterocycles. The summed E-state index contributed by atoms with van der Waals surface area (Å²) in [6.07, 6.45) is 0. The highest BCUT2D eigenvalue weighted by Crippen LogP contribution is 2.38. The van der Waals surface area contributed by atoms with E-state index in [2.05, 4.69) is 23.5 Å². The summed E-state index contributed by atoms with van der Waals surface area (Å²) in [7, 11) is 0. The number of ether oxygens (including phenoxy) is 1. The van der Waals surface area contributed by atoms with Crippen molar-refractivity contribution in [3.8, 4) is 0 Å². The van der Waals surface area contributed by atoms with Gasteiger partial charge < -0.3 is 15.2 Å².